The molecule has 23 heavy (non-hydrogen) atoms. The molecule has 1 atom stereocenters. The summed E-state index contributed by atoms with van der Waals surface area (Å²) < 4.78 is 0. The Hall–Kier alpha value is -1.03. The molecule has 1 unspecified atom stereocenters. The molecule has 4 aliphatic rings. The molecule has 0 radical (unpaired) electrons. The fourth-order valence-electron chi connectivity index (χ4n) is 5.72. The van der Waals surface area contributed by atoms with Crippen LogP contribution in [0.25, 0.3) is 0 Å². The molecule has 3 nitrogen and oxygen atoms in total. The highest BCUT2D eigenvalue weighted by atomic mass is 32.2. The van der Waals surface area contributed by atoms with E-state index in [0.717, 1.165) is 22.8 Å². The first-order valence-corrected chi connectivity index (χ1v) is 9.95. The van der Waals surface area contributed by atoms with E-state index in [2.05, 4.69) is 17.2 Å². The van der Waals surface area contributed by atoms with Crippen LogP contribution in [-0.4, -0.2) is 22.7 Å². The summed E-state index contributed by atoms with van der Waals surface area (Å²) in [6, 6.07) is 6.14. The molecule has 4 aliphatic carbocycles. The third-order valence-electron chi connectivity index (χ3n) is 6.37. The van der Waals surface area contributed by atoms with Gasteiger partial charge >= 0.3 is 0 Å². The smallest absolute Gasteiger partial charge is 0.230 e. The molecule has 4 bridgehead atoms. The summed E-state index contributed by atoms with van der Waals surface area (Å²) in [5, 5.41) is 4.24. The molecular formula is C19H26N2OS. The van der Waals surface area contributed by atoms with Crippen molar-refractivity contribution in [2.45, 2.75) is 56.5 Å². The van der Waals surface area contributed by atoms with Gasteiger partial charge in [-0.1, -0.05) is 17.8 Å². The third-order valence-corrected chi connectivity index (χ3v) is 7.31. The van der Waals surface area contributed by atoms with Crippen LogP contribution in [0.1, 0.15) is 45.4 Å². The molecule has 1 aromatic heterocycles. The van der Waals surface area contributed by atoms with Crippen LogP contribution in [0, 0.1) is 23.2 Å². The molecule has 1 aromatic rings. The van der Waals surface area contributed by atoms with Crippen LogP contribution in [0.5, 0.6) is 0 Å². The molecule has 0 saturated heterocycles. The fraction of sp³-hybridized carbons (Fsp3) is 0.684. The van der Waals surface area contributed by atoms with Gasteiger partial charge in [0.25, 0.3) is 0 Å². The van der Waals surface area contributed by atoms with E-state index in [1.807, 2.05) is 18.2 Å². The number of carbonyl (C=O) groups is 1. The Morgan fingerprint density at radius 3 is 2.48 bits per heavy atom. The molecule has 4 heteroatoms. The molecule has 4 fully saturated rings. The Kier molecular flexibility index (Phi) is 4.12. The first-order chi connectivity index (χ1) is 11.1. The van der Waals surface area contributed by atoms with Gasteiger partial charge in [-0.15, -0.1) is 0 Å². The predicted molar refractivity (Wildman–Crippen MR) is 93.2 cm³/mol. The molecule has 4 saturated carbocycles. The average Bonchev–Trinajstić information content (AvgIpc) is 2.52. The van der Waals surface area contributed by atoms with Crippen molar-refractivity contribution in [3.05, 3.63) is 24.4 Å². The van der Waals surface area contributed by atoms with Gasteiger partial charge in [-0.3, -0.25) is 4.79 Å². The van der Waals surface area contributed by atoms with E-state index in [1.165, 1.54) is 50.3 Å². The highest BCUT2D eigenvalue weighted by molar-refractivity contribution is 7.99. The Bertz CT molecular complexity index is 539. The van der Waals surface area contributed by atoms with Gasteiger partial charge in [-0.2, -0.15) is 0 Å². The maximum Gasteiger partial charge on any atom is 0.230 e. The lowest BCUT2D eigenvalue weighted by Crippen LogP contribution is -2.56. The molecule has 0 aliphatic heterocycles. The number of rotatable bonds is 5. The van der Waals surface area contributed by atoms with Gasteiger partial charge < -0.3 is 5.32 Å². The molecule has 1 heterocycles. The van der Waals surface area contributed by atoms with Crippen LogP contribution in [0.15, 0.2) is 29.4 Å². The number of thioether (sulfide) groups is 1. The standard InChI is InChI=1S/C19H26N2OS/c1-13(21-17(22)12-23-18-4-2-3-5-20-18)19-9-14-6-15(10-19)8-16(7-14)11-19/h2-5,13-16H,6-12H2,1H3,(H,21,22). The van der Waals surface area contributed by atoms with Crippen LogP contribution in [-0.2, 0) is 4.79 Å². The normalized spacial score (nSPS) is 36.0. The number of nitrogens with one attached hydrogen (secondary N) is 1. The monoisotopic (exact) mass is 330 g/mol. The number of hydrogen-bond acceptors (Lipinski definition) is 3. The summed E-state index contributed by atoms with van der Waals surface area (Å²) in [4.78, 5) is 16.6. The van der Waals surface area contributed by atoms with E-state index in [0.29, 0.717) is 17.2 Å². The predicted octanol–water partition coefficient (Wildman–Crippen LogP) is 3.89. The molecule has 5 rings (SSSR count). The number of pyridine rings is 1. The van der Waals surface area contributed by atoms with Crippen LogP contribution in [0.2, 0.25) is 0 Å². The number of hydrogen-bond donors (Lipinski definition) is 1. The first kappa shape index (κ1) is 15.5. The lowest BCUT2D eigenvalue weighted by molar-refractivity contribution is -0.123. The third kappa shape index (κ3) is 3.15. The summed E-state index contributed by atoms with van der Waals surface area (Å²) in [5.41, 5.74) is 0.389. The Labute approximate surface area is 143 Å². The lowest BCUT2D eigenvalue weighted by atomic mass is 9.48. The van der Waals surface area contributed by atoms with Gasteiger partial charge in [0.05, 0.1) is 10.8 Å². The van der Waals surface area contributed by atoms with Gasteiger partial charge in [0.1, 0.15) is 0 Å². The SMILES string of the molecule is CC(NC(=O)CSc1ccccn1)C12CC3CC(CC(C3)C1)C2. The van der Waals surface area contributed by atoms with Gasteiger partial charge in [0, 0.05) is 12.2 Å². The van der Waals surface area contributed by atoms with Gasteiger partial charge in [-0.25, -0.2) is 4.98 Å². The van der Waals surface area contributed by atoms with Crippen LogP contribution in [0.3, 0.4) is 0 Å². The van der Waals surface area contributed by atoms with E-state index >= 15 is 0 Å². The Balaban J connectivity index is 1.34. The fourth-order valence-corrected chi connectivity index (χ4v) is 6.39. The van der Waals surface area contributed by atoms with Gasteiger partial charge in [0.15, 0.2) is 0 Å². The Morgan fingerprint density at radius 2 is 1.91 bits per heavy atom. The van der Waals surface area contributed by atoms with Crippen molar-refractivity contribution in [3.63, 3.8) is 0 Å². The van der Waals surface area contributed by atoms with Crippen molar-refractivity contribution in [1.82, 2.24) is 10.3 Å². The largest absolute Gasteiger partial charge is 0.352 e. The van der Waals surface area contributed by atoms with Crippen molar-refractivity contribution in [2.75, 3.05) is 5.75 Å². The van der Waals surface area contributed by atoms with Crippen LogP contribution < -0.4 is 5.32 Å². The van der Waals surface area contributed by atoms with Crippen molar-refractivity contribution < 1.29 is 4.79 Å². The molecular weight excluding hydrogens is 304 g/mol. The van der Waals surface area contributed by atoms with E-state index in [9.17, 15) is 4.79 Å². The zero-order valence-electron chi connectivity index (χ0n) is 13.8. The molecule has 1 amide bonds. The second kappa shape index (κ2) is 6.12. The quantitative estimate of drug-likeness (QED) is 0.833. The Morgan fingerprint density at radius 1 is 1.26 bits per heavy atom. The first-order valence-electron chi connectivity index (χ1n) is 8.96. The highest BCUT2D eigenvalue weighted by Crippen LogP contribution is 2.61. The minimum absolute atomic E-state index is 0.156. The number of amides is 1. The summed E-state index contributed by atoms with van der Waals surface area (Å²) in [5.74, 6) is 3.42. The minimum atomic E-state index is 0.156. The average molecular weight is 330 g/mol. The maximum absolute atomic E-state index is 12.4. The summed E-state index contributed by atoms with van der Waals surface area (Å²) in [6.07, 6.45) is 10.2. The van der Waals surface area contributed by atoms with Crippen LogP contribution in [0.4, 0.5) is 0 Å². The van der Waals surface area contributed by atoms with Gasteiger partial charge in [-0.05, 0) is 80.8 Å². The summed E-state index contributed by atoms with van der Waals surface area (Å²) >= 11 is 1.52. The van der Waals surface area contributed by atoms with Gasteiger partial charge in [0.2, 0.25) is 5.91 Å². The molecule has 124 valence electrons. The van der Waals surface area contributed by atoms with Crippen LogP contribution >= 0.6 is 11.8 Å². The van der Waals surface area contributed by atoms with E-state index in [1.54, 1.807) is 6.20 Å². The lowest BCUT2D eigenvalue weighted by Gasteiger charge is -2.59. The minimum Gasteiger partial charge on any atom is -0.352 e. The van der Waals surface area contributed by atoms with Crippen molar-refractivity contribution in [2.24, 2.45) is 23.2 Å². The molecule has 1 N–H and O–H groups in total. The van der Waals surface area contributed by atoms with Crippen molar-refractivity contribution >= 4 is 17.7 Å². The molecule has 0 aromatic carbocycles. The second-order valence-corrected chi connectivity index (χ2v) is 9.02. The number of nitrogens with zero attached hydrogens (tertiary/aromatic N) is 1. The van der Waals surface area contributed by atoms with Crippen molar-refractivity contribution in [1.29, 1.82) is 0 Å². The zero-order chi connectivity index (χ0) is 15.9. The van der Waals surface area contributed by atoms with E-state index < -0.39 is 0 Å². The summed E-state index contributed by atoms with van der Waals surface area (Å²) in [6.45, 7) is 2.25. The highest BCUT2D eigenvalue weighted by Gasteiger charge is 2.53. The summed E-state index contributed by atoms with van der Waals surface area (Å²) in [7, 11) is 0. The zero-order valence-corrected chi connectivity index (χ0v) is 14.6. The number of aromatic nitrogens is 1. The van der Waals surface area contributed by atoms with Crippen molar-refractivity contribution in [3.8, 4) is 0 Å². The second-order valence-electron chi connectivity index (χ2n) is 8.03. The van der Waals surface area contributed by atoms with E-state index in [4.69, 9.17) is 0 Å². The molecule has 0 spiro atoms. The number of carbonyl (C=O) groups excluding carboxylic acids is 1. The van der Waals surface area contributed by atoms with E-state index in [-0.39, 0.29) is 5.91 Å². The maximum atomic E-state index is 12.4. The topological polar surface area (TPSA) is 42.0 Å².